The van der Waals surface area contributed by atoms with Crippen LogP contribution >= 0.6 is 11.6 Å². The molecule has 1 aromatic carbocycles. The number of anilines is 1. The molecule has 0 fully saturated rings. The summed E-state index contributed by atoms with van der Waals surface area (Å²) in [6.07, 6.45) is 0.966. The third kappa shape index (κ3) is 3.51. The summed E-state index contributed by atoms with van der Waals surface area (Å²) < 4.78 is 11.1. The fourth-order valence-electron chi connectivity index (χ4n) is 1.54. The van der Waals surface area contributed by atoms with Gasteiger partial charge in [0.05, 0.1) is 12.3 Å². The molecule has 20 heavy (non-hydrogen) atoms. The summed E-state index contributed by atoms with van der Waals surface area (Å²) in [5, 5.41) is 0.106. The fourth-order valence-corrected chi connectivity index (χ4v) is 1.74. The van der Waals surface area contributed by atoms with Gasteiger partial charge in [0.25, 0.3) is 0 Å². The lowest BCUT2D eigenvalue weighted by atomic mass is 10.3. The molecule has 0 aliphatic carbocycles. The van der Waals surface area contributed by atoms with Crippen molar-refractivity contribution >= 4 is 17.3 Å². The van der Waals surface area contributed by atoms with Gasteiger partial charge in [0.2, 0.25) is 11.2 Å². The van der Waals surface area contributed by atoms with Crippen LogP contribution in [0.4, 0.5) is 5.69 Å². The van der Waals surface area contributed by atoms with Gasteiger partial charge in [-0.1, -0.05) is 6.92 Å². The number of nitrogen functional groups attached to an aromatic ring is 1. The number of hydrogen-bond donors (Lipinski definition) is 1. The van der Waals surface area contributed by atoms with Gasteiger partial charge in [-0.2, -0.15) is 4.98 Å². The lowest BCUT2D eigenvalue weighted by Crippen LogP contribution is -2.01. The normalized spacial score (nSPS) is 10.3. The summed E-state index contributed by atoms with van der Waals surface area (Å²) in [5.74, 6) is 1.66. The van der Waals surface area contributed by atoms with Crippen LogP contribution in [-0.2, 0) is 0 Å². The van der Waals surface area contributed by atoms with Gasteiger partial charge in [-0.3, -0.25) is 0 Å². The Morgan fingerprint density at radius 2 is 1.80 bits per heavy atom. The molecule has 0 aliphatic heterocycles. The molecule has 0 amide bonds. The molecule has 1 aromatic heterocycles. The molecule has 0 atom stereocenters. The molecule has 1 heterocycles. The number of halogens is 1. The van der Waals surface area contributed by atoms with Crippen LogP contribution in [0.2, 0.25) is 5.28 Å². The fraction of sp³-hybridized carbons (Fsp3) is 0.286. The number of nitrogens with two attached hydrogens (primary N) is 1. The lowest BCUT2D eigenvalue weighted by Gasteiger charge is -2.10. The van der Waals surface area contributed by atoms with Crippen molar-refractivity contribution in [3.8, 4) is 17.4 Å². The second-order valence-electron chi connectivity index (χ2n) is 4.22. The zero-order valence-electron chi connectivity index (χ0n) is 11.4. The van der Waals surface area contributed by atoms with E-state index in [1.807, 2.05) is 12.1 Å². The van der Waals surface area contributed by atoms with Crippen LogP contribution in [0.5, 0.6) is 17.4 Å². The van der Waals surface area contributed by atoms with E-state index in [2.05, 4.69) is 16.9 Å². The maximum Gasteiger partial charge on any atom is 0.247 e. The second-order valence-corrected chi connectivity index (χ2v) is 4.56. The van der Waals surface area contributed by atoms with E-state index >= 15 is 0 Å². The van der Waals surface area contributed by atoms with Crippen LogP contribution < -0.4 is 15.2 Å². The van der Waals surface area contributed by atoms with Crippen molar-refractivity contribution in [3.63, 3.8) is 0 Å². The highest BCUT2D eigenvalue weighted by Gasteiger charge is 2.10. The molecule has 5 nitrogen and oxygen atoms in total. The Hall–Kier alpha value is -2.01. The minimum Gasteiger partial charge on any atom is -0.494 e. The number of rotatable bonds is 5. The Bertz CT molecular complexity index is 588. The SMILES string of the molecule is CCCOc1ccc(Oc2nc(Cl)nc(C)c2N)cc1. The van der Waals surface area contributed by atoms with E-state index in [1.165, 1.54) is 0 Å². The molecule has 2 N–H and O–H groups in total. The van der Waals surface area contributed by atoms with Gasteiger partial charge in [0.1, 0.15) is 17.2 Å². The lowest BCUT2D eigenvalue weighted by molar-refractivity contribution is 0.317. The second kappa shape index (κ2) is 6.43. The molecule has 0 aliphatic rings. The van der Waals surface area contributed by atoms with Gasteiger partial charge in [-0.05, 0) is 49.2 Å². The van der Waals surface area contributed by atoms with Crippen molar-refractivity contribution < 1.29 is 9.47 Å². The molecular weight excluding hydrogens is 278 g/mol. The van der Waals surface area contributed by atoms with Gasteiger partial charge in [-0.15, -0.1) is 0 Å². The third-order valence-electron chi connectivity index (χ3n) is 2.59. The van der Waals surface area contributed by atoms with Crippen LogP contribution in [0.25, 0.3) is 0 Å². The summed E-state index contributed by atoms with van der Waals surface area (Å²) in [6.45, 7) is 4.49. The number of hydrogen-bond acceptors (Lipinski definition) is 5. The highest BCUT2D eigenvalue weighted by atomic mass is 35.5. The predicted molar refractivity (Wildman–Crippen MR) is 78.5 cm³/mol. The standard InChI is InChI=1S/C14H16ClN3O2/c1-3-8-19-10-4-6-11(7-5-10)20-13-12(16)9(2)17-14(15)18-13/h4-7H,3,8,16H2,1-2H3. The molecule has 106 valence electrons. The molecule has 0 spiro atoms. The van der Waals surface area contributed by atoms with Crippen molar-refractivity contribution in [2.45, 2.75) is 20.3 Å². The van der Waals surface area contributed by atoms with Crippen LogP contribution in [0.1, 0.15) is 19.0 Å². The molecule has 0 bridgehead atoms. The molecule has 0 saturated heterocycles. The van der Waals surface area contributed by atoms with Gasteiger partial charge >= 0.3 is 0 Å². The molecule has 2 rings (SSSR count). The summed E-state index contributed by atoms with van der Waals surface area (Å²) in [6, 6.07) is 7.24. The minimum atomic E-state index is 0.106. The van der Waals surface area contributed by atoms with Crippen molar-refractivity contribution in [3.05, 3.63) is 35.2 Å². The van der Waals surface area contributed by atoms with E-state index in [0.717, 1.165) is 12.2 Å². The first-order valence-corrected chi connectivity index (χ1v) is 6.68. The Labute approximate surface area is 122 Å². The smallest absolute Gasteiger partial charge is 0.247 e. The number of aromatic nitrogens is 2. The maximum atomic E-state index is 5.86. The summed E-state index contributed by atoms with van der Waals surface area (Å²) >= 11 is 5.79. The maximum absolute atomic E-state index is 5.86. The molecule has 0 unspecified atom stereocenters. The number of nitrogens with zero attached hydrogens (tertiary/aromatic N) is 2. The minimum absolute atomic E-state index is 0.106. The Balaban J connectivity index is 2.14. The van der Waals surface area contributed by atoms with Gasteiger partial charge in [0.15, 0.2) is 0 Å². The van der Waals surface area contributed by atoms with Gasteiger partial charge < -0.3 is 15.2 Å². The summed E-state index contributed by atoms with van der Waals surface area (Å²) in [4.78, 5) is 7.93. The highest BCUT2D eigenvalue weighted by Crippen LogP contribution is 2.29. The topological polar surface area (TPSA) is 70.3 Å². The van der Waals surface area contributed by atoms with E-state index < -0.39 is 0 Å². The molecular formula is C14H16ClN3O2. The third-order valence-corrected chi connectivity index (χ3v) is 2.75. The van der Waals surface area contributed by atoms with Crippen LogP contribution in [-0.4, -0.2) is 16.6 Å². The number of ether oxygens (including phenoxy) is 2. The van der Waals surface area contributed by atoms with Crippen LogP contribution in [0, 0.1) is 6.92 Å². The van der Waals surface area contributed by atoms with Crippen LogP contribution in [0.3, 0.4) is 0 Å². The quantitative estimate of drug-likeness (QED) is 0.853. The van der Waals surface area contributed by atoms with E-state index in [4.69, 9.17) is 26.8 Å². The van der Waals surface area contributed by atoms with E-state index in [0.29, 0.717) is 23.7 Å². The summed E-state index contributed by atoms with van der Waals surface area (Å²) in [5.41, 5.74) is 6.82. The monoisotopic (exact) mass is 293 g/mol. The summed E-state index contributed by atoms with van der Waals surface area (Å²) in [7, 11) is 0. The zero-order valence-corrected chi connectivity index (χ0v) is 12.1. The predicted octanol–water partition coefficient (Wildman–Crippen LogP) is 3.60. The first-order chi connectivity index (χ1) is 9.60. The van der Waals surface area contributed by atoms with E-state index in [9.17, 15) is 0 Å². The van der Waals surface area contributed by atoms with Crippen molar-refractivity contribution in [1.82, 2.24) is 9.97 Å². The van der Waals surface area contributed by atoms with Gasteiger partial charge in [0, 0.05) is 0 Å². The van der Waals surface area contributed by atoms with Crippen molar-refractivity contribution in [1.29, 1.82) is 0 Å². The Morgan fingerprint density at radius 3 is 2.45 bits per heavy atom. The molecule has 6 heteroatoms. The number of aryl methyl sites for hydroxylation is 1. The Morgan fingerprint density at radius 1 is 1.15 bits per heavy atom. The molecule has 0 saturated carbocycles. The average molecular weight is 294 g/mol. The molecule has 0 radical (unpaired) electrons. The molecule has 2 aromatic rings. The van der Waals surface area contributed by atoms with Crippen molar-refractivity contribution in [2.75, 3.05) is 12.3 Å². The van der Waals surface area contributed by atoms with Crippen molar-refractivity contribution in [2.24, 2.45) is 0 Å². The number of benzene rings is 1. The highest BCUT2D eigenvalue weighted by molar-refractivity contribution is 6.28. The Kier molecular flexibility index (Phi) is 4.63. The first-order valence-electron chi connectivity index (χ1n) is 6.30. The average Bonchev–Trinajstić information content (AvgIpc) is 2.43. The van der Waals surface area contributed by atoms with E-state index in [-0.39, 0.29) is 11.2 Å². The largest absolute Gasteiger partial charge is 0.494 e. The van der Waals surface area contributed by atoms with E-state index in [1.54, 1.807) is 19.1 Å². The zero-order chi connectivity index (χ0) is 14.5. The first kappa shape index (κ1) is 14.4. The van der Waals surface area contributed by atoms with Crippen LogP contribution in [0.15, 0.2) is 24.3 Å². The van der Waals surface area contributed by atoms with Gasteiger partial charge in [-0.25, -0.2) is 4.98 Å².